The fourth-order valence-electron chi connectivity index (χ4n) is 3.45. The van der Waals surface area contributed by atoms with Crippen molar-refractivity contribution < 1.29 is 23.9 Å². The van der Waals surface area contributed by atoms with Crippen LogP contribution in [-0.4, -0.2) is 37.7 Å². The third-order valence-electron chi connectivity index (χ3n) is 5.16. The average molecular weight is 424 g/mol. The molecule has 1 saturated heterocycles. The smallest absolute Gasteiger partial charge is 0.371 e. The quantitative estimate of drug-likeness (QED) is 0.571. The fourth-order valence-corrected chi connectivity index (χ4v) is 4.37. The van der Waals surface area contributed by atoms with Crippen molar-refractivity contribution in [1.29, 1.82) is 0 Å². The molecule has 1 atom stereocenters. The third kappa shape index (κ3) is 3.54. The van der Waals surface area contributed by atoms with E-state index < -0.39 is 5.97 Å². The molecule has 3 heterocycles. The molecule has 1 N–H and O–H groups in total. The maximum Gasteiger partial charge on any atom is 0.371 e. The Morgan fingerprint density at radius 1 is 1.23 bits per heavy atom. The van der Waals surface area contributed by atoms with E-state index in [1.807, 2.05) is 48.9 Å². The molecule has 1 fully saturated rings. The van der Waals surface area contributed by atoms with E-state index in [1.165, 1.54) is 11.0 Å². The van der Waals surface area contributed by atoms with Gasteiger partial charge in [0.25, 0.3) is 11.1 Å². The summed E-state index contributed by atoms with van der Waals surface area (Å²) in [6.07, 6.45) is 4.33. The first-order chi connectivity index (χ1) is 14.4. The van der Waals surface area contributed by atoms with Gasteiger partial charge in [-0.3, -0.25) is 14.5 Å². The topological polar surface area (TPSA) is 92.8 Å². The lowest BCUT2D eigenvalue weighted by atomic mass is 10.1. The molecule has 1 aliphatic rings. The number of hydrogen-bond acceptors (Lipinski definition) is 5. The molecule has 2 aromatic heterocycles. The van der Waals surface area contributed by atoms with E-state index in [1.54, 1.807) is 12.1 Å². The van der Waals surface area contributed by atoms with Crippen molar-refractivity contribution in [3.63, 3.8) is 0 Å². The second kappa shape index (κ2) is 7.87. The van der Waals surface area contributed by atoms with E-state index >= 15 is 0 Å². The molecule has 2 amide bonds. The van der Waals surface area contributed by atoms with Gasteiger partial charge in [0.05, 0.1) is 11.4 Å². The van der Waals surface area contributed by atoms with Crippen LogP contribution >= 0.6 is 11.8 Å². The van der Waals surface area contributed by atoms with E-state index in [0.717, 1.165) is 28.2 Å². The zero-order chi connectivity index (χ0) is 21.4. The summed E-state index contributed by atoms with van der Waals surface area (Å²) in [6, 6.07) is 10.6. The Bertz CT molecular complexity index is 1190. The largest absolute Gasteiger partial charge is 0.475 e. The summed E-state index contributed by atoms with van der Waals surface area (Å²) in [5.74, 6) is -0.984. The van der Waals surface area contributed by atoms with Gasteiger partial charge in [0, 0.05) is 28.7 Å². The zero-order valence-electron chi connectivity index (χ0n) is 16.5. The van der Waals surface area contributed by atoms with Crippen molar-refractivity contribution in [2.45, 2.75) is 32.9 Å². The van der Waals surface area contributed by atoms with Gasteiger partial charge in [-0.05, 0) is 49.4 Å². The van der Waals surface area contributed by atoms with Gasteiger partial charge >= 0.3 is 5.97 Å². The first kappa shape index (κ1) is 20.0. The number of carbonyl (C=O) groups is 3. The highest BCUT2D eigenvalue weighted by atomic mass is 32.2. The number of amides is 2. The Morgan fingerprint density at radius 3 is 2.70 bits per heavy atom. The molecule has 0 radical (unpaired) electrons. The summed E-state index contributed by atoms with van der Waals surface area (Å²) >= 11 is 0.954. The van der Waals surface area contributed by atoms with Gasteiger partial charge in [-0.2, -0.15) is 0 Å². The Kier molecular flexibility index (Phi) is 5.26. The Labute approximate surface area is 176 Å². The number of fused-ring (bicyclic) bond motifs is 1. The minimum absolute atomic E-state index is 0.111. The van der Waals surface area contributed by atoms with Crippen LogP contribution in [0.15, 0.2) is 51.9 Å². The Balaban J connectivity index is 1.70. The van der Waals surface area contributed by atoms with E-state index in [2.05, 4.69) is 0 Å². The van der Waals surface area contributed by atoms with Crippen LogP contribution in [0.25, 0.3) is 17.0 Å². The maximum absolute atomic E-state index is 12.8. The van der Waals surface area contributed by atoms with Gasteiger partial charge in [0.2, 0.25) is 5.76 Å². The van der Waals surface area contributed by atoms with Gasteiger partial charge in [0.15, 0.2) is 0 Å². The number of nitrogens with zero attached hydrogens (tertiary/aromatic N) is 2. The van der Waals surface area contributed by atoms with Gasteiger partial charge in [-0.1, -0.05) is 25.1 Å². The van der Waals surface area contributed by atoms with Crippen LogP contribution in [-0.2, 0) is 11.3 Å². The molecular formula is C22H20N2O5S. The minimum Gasteiger partial charge on any atom is -0.475 e. The second-order valence-corrected chi connectivity index (χ2v) is 8.10. The molecule has 1 aliphatic heterocycles. The number of rotatable bonds is 6. The number of aromatic carboxylic acids is 1. The maximum atomic E-state index is 12.8. The molecule has 0 bridgehead atoms. The molecule has 30 heavy (non-hydrogen) atoms. The fraction of sp³-hybridized carbons (Fsp3) is 0.227. The van der Waals surface area contributed by atoms with Crippen molar-refractivity contribution >= 4 is 45.9 Å². The number of para-hydroxylation sites is 1. The molecule has 4 rings (SSSR count). The number of furan rings is 1. The molecule has 7 nitrogen and oxygen atoms in total. The van der Waals surface area contributed by atoms with Crippen LogP contribution in [0.5, 0.6) is 0 Å². The van der Waals surface area contributed by atoms with Gasteiger partial charge in [-0.15, -0.1) is 0 Å². The molecule has 0 aliphatic carbocycles. The van der Waals surface area contributed by atoms with Crippen molar-refractivity contribution in [3.05, 3.63) is 64.6 Å². The van der Waals surface area contributed by atoms with E-state index in [0.29, 0.717) is 23.6 Å². The highest BCUT2D eigenvalue weighted by Gasteiger charge is 2.37. The van der Waals surface area contributed by atoms with Crippen molar-refractivity contribution in [1.82, 2.24) is 9.47 Å². The second-order valence-electron chi connectivity index (χ2n) is 7.11. The van der Waals surface area contributed by atoms with Gasteiger partial charge in [0.1, 0.15) is 5.76 Å². The van der Waals surface area contributed by atoms with Crippen LogP contribution in [0, 0.1) is 0 Å². The van der Waals surface area contributed by atoms with Crippen molar-refractivity contribution in [2.24, 2.45) is 0 Å². The number of carbonyl (C=O) groups excluding carboxylic acids is 2. The predicted octanol–water partition coefficient (Wildman–Crippen LogP) is 4.82. The number of benzene rings is 1. The van der Waals surface area contributed by atoms with Gasteiger partial charge < -0.3 is 14.1 Å². The highest BCUT2D eigenvalue weighted by Crippen LogP contribution is 2.35. The summed E-state index contributed by atoms with van der Waals surface area (Å²) in [6.45, 7) is 4.14. The molecule has 0 unspecified atom stereocenters. The Hall–Kier alpha value is -3.26. The molecule has 154 valence electrons. The first-order valence-corrected chi connectivity index (χ1v) is 10.4. The first-order valence-electron chi connectivity index (χ1n) is 9.56. The lowest BCUT2D eigenvalue weighted by molar-refractivity contribution is -0.124. The molecule has 1 aromatic carbocycles. The Morgan fingerprint density at radius 2 is 2.00 bits per heavy atom. The predicted molar refractivity (Wildman–Crippen MR) is 114 cm³/mol. The van der Waals surface area contributed by atoms with Crippen LogP contribution in [0.3, 0.4) is 0 Å². The number of thioether (sulfide) groups is 1. The normalized spacial score (nSPS) is 16.7. The van der Waals surface area contributed by atoms with E-state index in [4.69, 9.17) is 9.52 Å². The van der Waals surface area contributed by atoms with Crippen molar-refractivity contribution in [3.8, 4) is 0 Å². The number of carboxylic acids is 1. The van der Waals surface area contributed by atoms with Crippen LogP contribution in [0.2, 0.25) is 0 Å². The molecule has 3 aromatic rings. The molecule has 0 saturated carbocycles. The van der Waals surface area contributed by atoms with E-state index in [-0.39, 0.29) is 22.9 Å². The van der Waals surface area contributed by atoms with Crippen LogP contribution in [0.1, 0.15) is 42.1 Å². The summed E-state index contributed by atoms with van der Waals surface area (Å²) in [5.41, 5.74) is 1.73. The van der Waals surface area contributed by atoms with Crippen LogP contribution in [0.4, 0.5) is 4.79 Å². The minimum atomic E-state index is -1.11. The molecule has 8 heteroatoms. The summed E-state index contributed by atoms with van der Waals surface area (Å²) in [4.78, 5) is 37.8. The number of aromatic nitrogens is 1. The van der Waals surface area contributed by atoms with Gasteiger partial charge in [-0.25, -0.2) is 4.79 Å². The van der Waals surface area contributed by atoms with Crippen LogP contribution < -0.4 is 0 Å². The molecular weight excluding hydrogens is 404 g/mol. The molecule has 0 spiro atoms. The third-order valence-corrected chi connectivity index (χ3v) is 6.04. The number of imide groups is 1. The highest BCUT2D eigenvalue weighted by molar-refractivity contribution is 8.18. The standard InChI is InChI=1S/C22H20N2O5S/c1-3-13(2)24-20(25)19(30-22(24)28)10-14-11-23(17-7-5-4-6-16(14)17)12-15-8-9-18(29-15)21(26)27/h4-11,13H,3,12H2,1-2H3,(H,26,27)/b19-10+/t13-/m0/s1. The zero-order valence-corrected chi connectivity index (χ0v) is 17.3. The lowest BCUT2D eigenvalue weighted by Gasteiger charge is -2.19. The number of hydrogen-bond donors (Lipinski definition) is 1. The SMILES string of the molecule is CC[C@H](C)N1C(=O)S/C(=C/c2cn(Cc3ccc(C(=O)O)o3)c3ccccc23)C1=O. The monoisotopic (exact) mass is 424 g/mol. The average Bonchev–Trinajstić information content (AvgIpc) is 3.40. The summed E-state index contributed by atoms with van der Waals surface area (Å²) in [5, 5.41) is 9.73. The number of carboxylic acid groups (broad SMARTS) is 1. The summed E-state index contributed by atoms with van der Waals surface area (Å²) in [7, 11) is 0. The van der Waals surface area contributed by atoms with E-state index in [9.17, 15) is 14.4 Å². The van der Waals surface area contributed by atoms with Crippen molar-refractivity contribution in [2.75, 3.05) is 0 Å². The summed E-state index contributed by atoms with van der Waals surface area (Å²) < 4.78 is 7.31. The lowest BCUT2D eigenvalue weighted by Crippen LogP contribution is -2.36.